The first kappa shape index (κ1) is 15.8. The molecular weight excluding hydrogens is 242 g/mol. The molecule has 0 aliphatic heterocycles. The van der Waals surface area contributed by atoms with Gasteiger partial charge in [-0.2, -0.15) is 0 Å². The summed E-state index contributed by atoms with van der Waals surface area (Å²) in [4.78, 5) is 0. The number of aromatic hydroxyl groups is 1. The third kappa shape index (κ3) is 4.73. The van der Waals surface area contributed by atoms with E-state index in [1.165, 1.54) is 0 Å². The van der Waals surface area contributed by atoms with Crippen molar-refractivity contribution in [2.45, 2.75) is 45.8 Å². The van der Waals surface area contributed by atoms with Gasteiger partial charge in [-0.25, -0.2) is 0 Å². The van der Waals surface area contributed by atoms with Gasteiger partial charge in [-0.05, 0) is 43.4 Å². The second kappa shape index (κ2) is 7.36. The van der Waals surface area contributed by atoms with Crippen LogP contribution in [-0.4, -0.2) is 22.9 Å². The molecule has 19 heavy (non-hydrogen) atoms. The van der Waals surface area contributed by atoms with E-state index in [9.17, 15) is 10.2 Å². The number of phenols is 1. The normalized spacial score (nSPS) is 14.4. The molecule has 2 atom stereocenters. The van der Waals surface area contributed by atoms with E-state index >= 15 is 0 Å². The average molecular weight is 267 g/mol. The Morgan fingerprint density at radius 3 is 2.53 bits per heavy atom. The third-order valence-corrected chi connectivity index (χ3v) is 3.12. The minimum Gasteiger partial charge on any atom is -0.504 e. The molecule has 0 heterocycles. The first-order chi connectivity index (χ1) is 8.95. The van der Waals surface area contributed by atoms with Gasteiger partial charge in [0.05, 0.1) is 18.8 Å². The first-order valence-corrected chi connectivity index (χ1v) is 6.85. The van der Waals surface area contributed by atoms with Crippen molar-refractivity contribution in [2.24, 2.45) is 11.7 Å². The quantitative estimate of drug-likeness (QED) is 0.709. The summed E-state index contributed by atoms with van der Waals surface area (Å²) in [6, 6.07) is 4.51. The summed E-state index contributed by atoms with van der Waals surface area (Å²) in [6.07, 6.45) is 1.02. The molecule has 0 unspecified atom stereocenters. The summed E-state index contributed by atoms with van der Waals surface area (Å²) in [5, 5.41) is 19.7. The largest absolute Gasteiger partial charge is 0.504 e. The van der Waals surface area contributed by atoms with Crippen molar-refractivity contribution < 1.29 is 14.9 Å². The molecule has 0 saturated carbocycles. The van der Waals surface area contributed by atoms with Crippen LogP contribution in [-0.2, 0) is 0 Å². The van der Waals surface area contributed by atoms with Gasteiger partial charge in [-0.1, -0.05) is 19.9 Å². The molecule has 4 N–H and O–H groups in total. The molecule has 0 bridgehead atoms. The summed E-state index contributed by atoms with van der Waals surface area (Å²) < 4.78 is 5.32. The average Bonchev–Trinajstić information content (AvgIpc) is 2.38. The molecule has 1 aromatic rings. The van der Waals surface area contributed by atoms with Gasteiger partial charge in [0.15, 0.2) is 11.5 Å². The third-order valence-electron chi connectivity index (χ3n) is 3.12. The number of hydrogen-bond acceptors (Lipinski definition) is 4. The van der Waals surface area contributed by atoms with Gasteiger partial charge in [0, 0.05) is 0 Å². The summed E-state index contributed by atoms with van der Waals surface area (Å²) in [5.74, 6) is 1.04. The monoisotopic (exact) mass is 267 g/mol. The maximum atomic E-state index is 10.1. The minimum atomic E-state index is -0.582. The van der Waals surface area contributed by atoms with E-state index in [-0.39, 0.29) is 5.75 Å². The van der Waals surface area contributed by atoms with Crippen molar-refractivity contribution in [3.63, 3.8) is 0 Å². The molecule has 1 rings (SSSR count). The molecule has 108 valence electrons. The number of aliphatic hydroxyl groups excluding tert-OH is 1. The Bertz CT molecular complexity index is 393. The van der Waals surface area contributed by atoms with E-state index in [0.29, 0.717) is 24.7 Å². The molecule has 0 aliphatic rings. The van der Waals surface area contributed by atoms with Crippen molar-refractivity contribution in [3.05, 3.63) is 23.8 Å². The Morgan fingerprint density at radius 2 is 1.95 bits per heavy atom. The number of rotatable bonds is 7. The highest BCUT2D eigenvalue weighted by Gasteiger charge is 2.18. The number of phenolic OH excluding ortho intramolecular Hbond substituents is 1. The van der Waals surface area contributed by atoms with Crippen LogP contribution in [0.5, 0.6) is 11.5 Å². The number of nitrogens with two attached hydrogens (primary N) is 1. The van der Waals surface area contributed by atoms with E-state index in [2.05, 4.69) is 13.8 Å². The fourth-order valence-corrected chi connectivity index (χ4v) is 1.91. The van der Waals surface area contributed by atoms with Crippen LogP contribution in [0.4, 0.5) is 0 Å². The smallest absolute Gasteiger partial charge is 0.161 e. The SMILES string of the molecule is CCOc1cc([C@H](N)[C@H](O)CCC(C)C)ccc1O. The second-order valence-electron chi connectivity index (χ2n) is 5.22. The van der Waals surface area contributed by atoms with Gasteiger partial charge >= 0.3 is 0 Å². The first-order valence-electron chi connectivity index (χ1n) is 6.85. The standard InChI is InChI=1S/C15H25NO3/c1-4-19-14-9-11(6-8-12(14)17)15(16)13(18)7-5-10(2)3/h6,8-10,13,15,17-18H,4-5,7,16H2,1-3H3/t13-,15+/m1/s1. The number of aliphatic hydroxyl groups is 1. The predicted octanol–water partition coefficient (Wildman–Crippen LogP) is 2.59. The van der Waals surface area contributed by atoms with Crippen LogP contribution in [0, 0.1) is 5.92 Å². The fourth-order valence-electron chi connectivity index (χ4n) is 1.91. The minimum absolute atomic E-state index is 0.0921. The van der Waals surface area contributed by atoms with Gasteiger partial charge in [-0.3, -0.25) is 0 Å². The number of ether oxygens (including phenoxy) is 1. The molecule has 0 aliphatic carbocycles. The van der Waals surface area contributed by atoms with Crippen molar-refractivity contribution in [2.75, 3.05) is 6.61 Å². The van der Waals surface area contributed by atoms with Gasteiger partial charge in [-0.15, -0.1) is 0 Å². The zero-order valence-electron chi connectivity index (χ0n) is 12.0. The summed E-state index contributed by atoms with van der Waals surface area (Å²) in [5.41, 5.74) is 6.83. The fraction of sp³-hybridized carbons (Fsp3) is 0.600. The lowest BCUT2D eigenvalue weighted by atomic mass is 9.96. The van der Waals surface area contributed by atoms with E-state index < -0.39 is 12.1 Å². The van der Waals surface area contributed by atoms with Crippen LogP contribution in [0.1, 0.15) is 45.2 Å². The Kier molecular flexibility index (Phi) is 6.12. The molecule has 1 aromatic carbocycles. The van der Waals surface area contributed by atoms with Gasteiger partial charge in [0.2, 0.25) is 0 Å². The highest BCUT2D eigenvalue weighted by Crippen LogP contribution is 2.30. The van der Waals surface area contributed by atoms with E-state index in [1.54, 1.807) is 18.2 Å². The van der Waals surface area contributed by atoms with Crippen LogP contribution in [0.25, 0.3) is 0 Å². The number of benzene rings is 1. The summed E-state index contributed by atoms with van der Waals surface area (Å²) >= 11 is 0. The Hall–Kier alpha value is -1.26. The molecule has 4 nitrogen and oxygen atoms in total. The lowest BCUT2D eigenvalue weighted by molar-refractivity contribution is 0.128. The highest BCUT2D eigenvalue weighted by molar-refractivity contribution is 5.42. The van der Waals surface area contributed by atoms with Crippen LogP contribution < -0.4 is 10.5 Å². The Labute approximate surface area is 115 Å². The highest BCUT2D eigenvalue weighted by atomic mass is 16.5. The summed E-state index contributed by atoms with van der Waals surface area (Å²) in [6.45, 7) is 6.56. The number of hydrogen-bond donors (Lipinski definition) is 3. The molecule has 0 fully saturated rings. The van der Waals surface area contributed by atoms with E-state index in [1.807, 2.05) is 6.92 Å². The second-order valence-corrected chi connectivity index (χ2v) is 5.22. The van der Waals surface area contributed by atoms with Crippen molar-refractivity contribution in [1.29, 1.82) is 0 Å². The van der Waals surface area contributed by atoms with Crippen molar-refractivity contribution in [1.82, 2.24) is 0 Å². The van der Waals surface area contributed by atoms with Gasteiger partial charge < -0.3 is 20.7 Å². The molecule has 0 spiro atoms. The van der Waals surface area contributed by atoms with Gasteiger partial charge in [0.1, 0.15) is 0 Å². The van der Waals surface area contributed by atoms with Crippen LogP contribution >= 0.6 is 0 Å². The van der Waals surface area contributed by atoms with E-state index in [0.717, 1.165) is 12.0 Å². The maximum Gasteiger partial charge on any atom is 0.161 e. The molecule has 0 aromatic heterocycles. The zero-order chi connectivity index (χ0) is 14.4. The molecule has 0 radical (unpaired) electrons. The molecule has 4 heteroatoms. The molecule has 0 amide bonds. The van der Waals surface area contributed by atoms with Crippen LogP contribution in [0.15, 0.2) is 18.2 Å². The maximum absolute atomic E-state index is 10.1. The molecule has 0 saturated heterocycles. The zero-order valence-corrected chi connectivity index (χ0v) is 12.0. The summed E-state index contributed by atoms with van der Waals surface area (Å²) in [7, 11) is 0. The van der Waals surface area contributed by atoms with Crippen LogP contribution in [0.3, 0.4) is 0 Å². The van der Waals surface area contributed by atoms with Crippen molar-refractivity contribution in [3.8, 4) is 11.5 Å². The van der Waals surface area contributed by atoms with Crippen molar-refractivity contribution >= 4 is 0 Å². The predicted molar refractivity (Wildman–Crippen MR) is 76.3 cm³/mol. The molecular formula is C15H25NO3. The Balaban J connectivity index is 2.75. The van der Waals surface area contributed by atoms with E-state index in [4.69, 9.17) is 10.5 Å². The van der Waals surface area contributed by atoms with Crippen LogP contribution in [0.2, 0.25) is 0 Å². The lowest BCUT2D eigenvalue weighted by Gasteiger charge is -2.21. The van der Waals surface area contributed by atoms with Gasteiger partial charge in [0.25, 0.3) is 0 Å². The topological polar surface area (TPSA) is 75.7 Å². The Morgan fingerprint density at radius 1 is 1.26 bits per heavy atom. The lowest BCUT2D eigenvalue weighted by Crippen LogP contribution is -2.26.